The summed E-state index contributed by atoms with van der Waals surface area (Å²) in [6.45, 7) is 0.325. The standard InChI is InChI=1S/C8H5BrClN5O2/c9-7-12-8(15(16)17)13-14(7)4-5-1-2-6(10)11-3-5/h1-3H,4H2. The van der Waals surface area contributed by atoms with Crippen molar-refractivity contribution in [1.29, 1.82) is 0 Å². The summed E-state index contributed by atoms with van der Waals surface area (Å²) >= 11 is 8.74. The van der Waals surface area contributed by atoms with Crippen molar-refractivity contribution >= 4 is 33.5 Å². The monoisotopic (exact) mass is 317 g/mol. The summed E-state index contributed by atoms with van der Waals surface area (Å²) in [6.07, 6.45) is 1.57. The van der Waals surface area contributed by atoms with Crippen LogP contribution in [0.2, 0.25) is 5.15 Å². The van der Waals surface area contributed by atoms with Gasteiger partial charge in [-0.3, -0.25) is 0 Å². The minimum Gasteiger partial charge on any atom is -0.390 e. The Hall–Kier alpha value is -1.54. The Morgan fingerprint density at radius 2 is 2.29 bits per heavy atom. The number of nitrogens with zero attached hydrogens (tertiary/aromatic N) is 5. The molecule has 0 N–H and O–H groups in total. The molecule has 0 aliphatic carbocycles. The van der Waals surface area contributed by atoms with Gasteiger partial charge in [-0.15, -0.1) is 0 Å². The van der Waals surface area contributed by atoms with Gasteiger partial charge in [0.15, 0.2) is 0 Å². The van der Waals surface area contributed by atoms with Crippen molar-refractivity contribution in [3.8, 4) is 0 Å². The SMILES string of the molecule is O=[N+]([O-])c1nc(Br)n(Cc2ccc(Cl)nc2)n1. The Morgan fingerprint density at radius 1 is 1.53 bits per heavy atom. The maximum absolute atomic E-state index is 10.5. The van der Waals surface area contributed by atoms with E-state index in [1.807, 2.05) is 0 Å². The molecular formula is C8H5BrClN5O2. The van der Waals surface area contributed by atoms with Gasteiger partial charge in [-0.25, -0.2) is 4.98 Å². The maximum atomic E-state index is 10.5. The highest BCUT2D eigenvalue weighted by molar-refractivity contribution is 9.10. The van der Waals surface area contributed by atoms with Crippen LogP contribution in [0.5, 0.6) is 0 Å². The summed E-state index contributed by atoms with van der Waals surface area (Å²) in [5, 5.41) is 14.6. The molecule has 0 bridgehead atoms. The molecule has 2 rings (SSSR count). The first-order valence-electron chi connectivity index (χ1n) is 4.41. The molecule has 0 amide bonds. The predicted molar refractivity (Wildman–Crippen MR) is 62.7 cm³/mol. The fourth-order valence-corrected chi connectivity index (χ4v) is 1.64. The first kappa shape index (κ1) is 11.9. The van der Waals surface area contributed by atoms with Crippen LogP contribution < -0.4 is 0 Å². The van der Waals surface area contributed by atoms with Gasteiger partial charge >= 0.3 is 5.95 Å². The van der Waals surface area contributed by atoms with Gasteiger partial charge in [-0.05, 0) is 21.5 Å². The number of aromatic nitrogens is 4. The quantitative estimate of drug-likeness (QED) is 0.491. The van der Waals surface area contributed by atoms with Gasteiger partial charge < -0.3 is 10.1 Å². The summed E-state index contributed by atoms with van der Waals surface area (Å²) in [7, 11) is 0. The van der Waals surface area contributed by atoms with E-state index in [0.717, 1.165) is 5.56 Å². The van der Waals surface area contributed by atoms with E-state index in [4.69, 9.17) is 11.6 Å². The zero-order valence-corrected chi connectivity index (χ0v) is 10.6. The second-order valence-electron chi connectivity index (χ2n) is 3.08. The highest BCUT2D eigenvalue weighted by atomic mass is 79.9. The molecule has 0 spiro atoms. The third-order valence-electron chi connectivity index (χ3n) is 1.90. The van der Waals surface area contributed by atoms with Crippen molar-refractivity contribution < 1.29 is 4.92 Å². The summed E-state index contributed by atoms with van der Waals surface area (Å²) in [5.41, 5.74) is 0.815. The Kier molecular flexibility index (Phi) is 3.34. The van der Waals surface area contributed by atoms with Crippen LogP contribution in [0.15, 0.2) is 23.1 Å². The van der Waals surface area contributed by atoms with Crippen molar-refractivity contribution in [2.24, 2.45) is 0 Å². The number of hydrogen-bond acceptors (Lipinski definition) is 5. The lowest BCUT2D eigenvalue weighted by molar-refractivity contribution is -0.394. The molecule has 7 nitrogen and oxygen atoms in total. The van der Waals surface area contributed by atoms with Gasteiger partial charge in [-0.2, -0.15) is 4.68 Å². The average molecular weight is 319 g/mol. The average Bonchev–Trinajstić information content (AvgIpc) is 2.64. The fourth-order valence-electron chi connectivity index (χ4n) is 1.16. The van der Waals surface area contributed by atoms with Crippen LogP contribution in [0.3, 0.4) is 0 Å². The van der Waals surface area contributed by atoms with E-state index in [2.05, 4.69) is 31.0 Å². The Labute approximate surface area is 109 Å². The van der Waals surface area contributed by atoms with Crippen molar-refractivity contribution in [3.63, 3.8) is 0 Å². The lowest BCUT2D eigenvalue weighted by Crippen LogP contribution is -2.03. The van der Waals surface area contributed by atoms with Crippen LogP contribution in [0, 0.1) is 10.1 Å². The number of rotatable bonds is 3. The van der Waals surface area contributed by atoms with Crippen LogP contribution in [0.1, 0.15) is 5.56 Å². The normalized spacial score (nSPS) is 10.5. The molecule has 2 aromatic rings. The second kappa shape index (κ2) is 4.76. The molecule has 0 saturated carbocycles. The van der Waals surface area contributed by atoms with E-state index in [9.17, 15) is 10.1 Å². The molecule has 17 heavy (non-hydrogen) atoms. The lowest BCUT2D eigenvalue weighted by atomic mass is 10.3. The topological polar surface area (TPSA) is 86.7 Å². The number of nitro groups is 1. The van der Waals surface area contributed by atoms with Crippen LogP contribution in [-0.2, 0) is 6.54 Å². The molecule has 0 radical (unpaired) electrons. The van der Waals surface area contributed by atoms with Gasteiger partial charge in [0.2, 0.25) is 0 Å². The Balaban J connectivity index is 2.24. The lowest BCUT2D eigenvalue weighted by Gasteiger charge is -1.98. The smallest absolute Gasteiger partial charge is 0.390 e. The molecule has 0 atom stereocenters. The highest BCUT2D eigenvalue weighted by Crippen LogP contribution is 2.14. The van der Waals surface area contributed by atoms with E-state index < -0.39 is 10.9 Å². The largest absolute Gasteiger partial charge is 0.492 e. The van der Waals surface area contributed by atoms with Crippen molar-refractivity contribution in [3.05, 3.63) is 43.9 Å². The van der Waals surface area contributed by atoms with Gasteiger partial charge in [0.1, 0.15) is 5.15 Å². The third-order valence-corrected chi connectivity index (χ3v) is 2.71. The van der Waals surface area contributed by atoms with Crippen LogP contribution in [0.25, 0.3) is 0 Å². The molecule has 0 aliphatic heterocycles. The minimum absolute atomic E-state index is 0.291. The Bertz CT molecular complexity index is 556. The number of pyridine rings is 1. The molecule has 0 saturated heterocycles. The van der Waals surface area contributed by atoms with Gasteiger partial charge in [0.25, 0.3) is 4.73 Å². The number of hydrogen-bond donors (Lipinski definition) is 0. The zero-order valence-electron chi connectivity index (χ0n) is 8.25. The van der Waals surface area contributed by atoms with E-state index >= 15 is 0 Å². The molecule has 88 valence electrons. The molecule has 2 heterocycles. The zero-order chi connectivity index (χ0) is 12.4. The summed E-state index contributed by atoms with van der Waals surface area (Å²) in [6, 6.07) is 3.39. The van der Waals surface area contributed by atoms with Gasteiger partial charge in [-0.1, -0.05) is 17.7 Å². The first-order valence-corrected chi connectivity index (χ1v) is 5.58. The van der Waals surface area contributed by atoms with Crippen LogP contribution in [-0.4, -0.2) is 24.7 Å². The van der Waals surface area contributed by atoms with Crippen molar-refractivity contribution in [1.82, 2.24) is 19.7 Å². The van der Waals surface area contributed by atoms with E-state index in [1.165, 1.54) is 4.68 Å². The first-order chi connectivity index (χ1) is 8.06. The minimum atomic E-state index is -0.651. The van der Waals surface area contributed by atoms with Crippen molar-refractivity contribution in [2.75, 3.05) is 0 Å². The molecule has 0 aliphatic rings. The fraction of sp³-hybridized carbons (Fsp3) is 0.125. The van der Waals surface area contributed by atoms with Crippen LogP contribution in [0.4, 0.5) is 5.95 Å². The maximum Gasteiger partial charge on any atom is 0.492 e. The van der Waals surface area contributed by atoms with Crippen molar-refractivity contribution in [2.45, 2.75) is 6.54 Å². The second-order valence-corrected chi connectivity index (χ2v) is 4.18. The summed E-state index contributed by atoms with van der Waals surface area (Å²) in [4.78, 5) is 17.4. The summed E-state index contributed by atoms with van der Waals surface area (Å²) in [5.74, 6) is -0.446. The van der Waals surface area contributed by atoms with Crippen LogP contribution >= 0.6 is 27.5 Å². The number of halogens is 2. The van der Waals surface area contributed by atoms with Gasteiger partial charge in [0.05, 0.1) is 6.54 Å². The molecule has 0 fully saturated rings. The molecule has 2 aromatic heterocycles. The van der Waals surface area contributed by atoms with E-state index in [-0.39, 0.29) is 0 Å². The molecule has 0 aromatic carbocycles. The van der Waals surface area contributed by atoms with Gasteiger partial charge in [0, 0.05) is 27.2 Å². The molecular weight excluding hydrogens is 313 g/mol. The molecule has 0 unspecified atom stereocenters. The summed E-state index contributed by atoms with van der Waals surface area (Å²) < 4.78 is 1.66. The predicted octanol–water partition coefficient (Wildman–Crippen LogP) is 2.05. The Morgan fingerprint density at radius 3 is 2.82 bits per heavy atom. The third kappa shape index (κ3) is 2.77. The van der Waals surface area contributed by atoms with E-state index in [0.29, 0.717) is 16.4 Å². The van der Waals surface area contributed by atoms with E-state index in [1.54, 1.807) is 18.3 Å². The highest BCUT2D eigenvalue weighted by Gasteiger charge is 2.19. The molecule has 9 heteroatoms.